The van der Waals surface area contributed by atoms with Gasteiger partial charge in [0.2, 0.25) is 0 Å². The molecular weight excluding hydrogens is 375 g/mol. The lowest BCUT2D eigenvalue weighted by Gasteiger charge is -2.15. The van der Waals surface area contributed by atoms with Crippen LogP contribution in [0.25, 0.3) is 10.9 Å². The number of fused-ring (bicyclic) bond motifs is 1. The molecule has 0 fully saturated rings. The summed E-state index contributed by atoms with van der Waals surface area (Å²) in [5, 5.41) is 9.08. The molecule has 1 heterocycles. The molecule has 1 aromatic heterocycles. The summed E-state index contributed by atoms with van der Waals surface area (Å²) >= 11 is 0. The highest BCUT2D eigenvalue weighted by molar-refractivity contribution is 6.15. The van der Waals surface area contributed by atoms with Crippen molar-refractivity contribution in [2.45, 2.75) is 19.6 Å². The van der Waals surface area contributed by atoms with Gasteiger partial charge in [-0.15, -0.1) is 0 Å². The molecule has 0 atom stereocenters. The van der Waals surface area contributed by atoms with Crippen LogP contribution in [-0.2, 0) is 12.7 Å². The molecule has 0 radical (unpaired) electrons. The number of hydrogen-bond acceptors (Lipinski definition) is 3. The van der Waals surface area contributed by atoms with E-state index in [1.54, 1.807) is 30.3 Å². The second kappa shape index (κ2) is 6.59. The van der Waals surface area contributed by atoms with E-state index in [9.17, 15) is 27.9 Å². The van der Waals surface area contributed by atoms with Crippen molar-refractivity contribution in [3.63, 3.8) is 0 Å². The quantitative estimate of drug-likeness (QED) is 0.633. The summed E-state index contributed by atoms with van der Waals surface area (Å²) in [4.78, 5) is 23.9. The molecule has 6 nitrogen and oxygen atoms in total. The number of amides is 1. The van der Waals surface area contributed by atoms with Crippen LogP contribution >= 0.6 is 0 Å². The fourth-order valence-electron chi connectivity index (χ4n) is 3.41. The molecular formula is C19H16F3N3O3. The van der Waals surface area contributed by atoms with E-state index in [2.05, 4.69) is 0 Å². The third-order valence-electron chi connectivity index (χ3n) is 4.50. The first-order valence-corrected chi connectivity index (χ1v) is 8.13. The van der Waals surface area contributed by atoms with Crippen LogP contribution in [0, 0.1) is 6.92 Å². The summed E-state index contributed by atoms with van der Waals surface area (Å²) in [6, 6.07) is 9.26. The summed E-state index contributed by atoms with van der Waals surface area (Å²) in [7, 11) is 0. The standard InChI is InChI=1S/C19H16F3N3O3/c1-9-7-11(19(20,21)22)13-14(23)16(18(27)28)25(15(13)12(9)17(24)26)8-10-5-3-2-4-6-10/h2-7H,8,23H2,1H3,(H2,24,26)(H,27,28). The van der Waals surface area contributed by atoms with Crippen molar-refractivity contribution in [2.75, 3.05) is 5.73 Å². The second-order valence-electron chi connectivity index (χ2n) is 6.34. The van der Waals surface area contributed by atoms with Gasteiger partial charge in [-0.2, -0.15) is 13.2 Å². The van der Waals surface area contributed by atoms with Gasteiger partial charge in [-0.1, -0.05) is 30.3 Å². The lowest BCUT2D eigenvalue weighted by Crippen LogP contribution is -2.18. The third kappa shape index (κ3) is 3.04. The Morgan fingerprint density at radius 3 is 2.29 bits per heavy atom. The van der Waals surface area contributed by atoms with Gasteiger partial charge in [0.15, 0.2) is 5.69 Å². The van der Waals surface area contributed by atoms with Crippen molar-refractivity contribution in [2.24, 2.45) is 5.73 Å². The Balaban J connectivity index is 2.53. The Labute approximate surface area is 157 Å². The van der Waals surface area contributed by atoms with Crippen LogP contribution < -0.4 is 11.5 Å². The van der Waals surface area contributed by atoms with E-state index in [1.807, 2.05) is 0 Å². The molecule has 3 rings (SSSR count). The summed E-state index contributed by atoms with van der Waals surface area (Å²) in [6.45, 7) is 1.21. The van der Waals surface area contributed by atoms with Crippen LogP contribution in [0.5, 0.6) is 0 Å². The van der Waals surface area contributed by atoms with Gasteiger partial charge in [-0.25, -0.2) is 4.79 Å². The van der Waals surface area contributed by atoms with Crippen molar-refractivity contribution in [1.29, 1.82) is 0 Å². The van der Waals surface area contributed by atoms with E-state index in [-0.39, 0.29) is 23.2 Å². The number of aromatic carboxylic acids is 1. The fourth-order valence-corrected chi connectivity index (χ4v) is 3.41. The second-order valence-corrected chi connectivity index (χ2v) is 6.34. The Bertz CT molecular complexity index is 1100. The number of nitrogen functional groups attached to an aromatic ring is 1. The third-order valence-corrected chi connectivity index (χ3v) is 4.50. The van der Waals surface area contributed by atoms with Crippen molar-refractivity contribution in [1.82, 2.24) is 4.57 Å². The number of benzene rings is 2. The molecule has 28 heavy (non-hydrogen) atoms. The Morgan fingerprint density at radius 2 is 1.79 bits per heavy atom. The molecule has 0 aliphatic rings. The number of carboxylic acids is 1. The maximum absolute atomic E-state index is 13.7. The summed E-state index contributed by atoms with van der Waals surface area (Å²) in [6.07, 6.45) is -4.80. The van der Waals surface area contributed by atoms with E-state index >= 15 is 0 Å². The first-order chi connectivity index (χ1) is 13.0. The highest BCUT2D eigenvalue weighted by atomic mass is 19.4. The van der Waals surface area contributed by atoms with Gasteiger partial charge in [0.25, 0.3) is 5.91 Å². The normalized spacial score (nSPS) is 11.7. The number of aryl methyl sites for hydroxylation is 1. The van der Waals surface area contributed by atoms with Crippen LogP contribution in [0.1, 0.15) is 37.5 Å². The number of anilines is 1. The molecule has 9 heteroatoms. The number of halogens is 3. The van der Waals surface area contributed by atoms with Crippen LogP contribution in [-0.4, -0.2) is 21.6 Å². The number of hydrogen-bond donors (Lipinski definition) is 3. The molecule has 3 aromatic rings. The van der Waals surface area contributed by atoms with E-state index in [0.717, 1.165) is 10.6 Å². The minimum absolute atomic E-state index is 0.0175. The number of carbonyl (C=O) groups excluding carboxylic acids is 1. The van der Waals surface area contributed by atoms with Crippen molar-refractivity contribution < 1.29 is 27.9 Å². The van der Waals surface area contributed by atoms with Crippen LogP contribution in [0.2, 0.25) is 0 Å². The maximum atomic E-state index is 13.7. The van der Waals surface area contributed by atoms with Crippen LogP contribution in [0.15, 0.2) is 36.4 Å². The number of aromatic nitrogens is 1. The molecule has 0 aliphatic heterocycles. The summed E-state index contributed by atoms with van der Waals surface area (Å²) in [5.41, 5.74) is 9.23. The van der Waals surface area contributed by atoms with Gasteiger partial charge in [-0.05, 0) is 24.1 Å². The molecule has 146 valence electrons. The number of alkyl halides is 3. The lowest BCUT2D eigenvalue weighted by atomic mass is 9.98. The zero-order valence-electron chi connectivity index (χ0n) is 14.7. The molecule has 0 saturated heterocycles. The number of nitrogens with two attached hydrogens (primary N) is 2. The summed E-state index contributed by atoms with van der Waals surface area (Å²) in [5.74, 6) is -2.48. The number of primary amides is 1. The predicted molar refractivity (Wildman–Crippen MR) is 97.1 cm³/mol. The molecule has 2 aromatic carbocycles. The van der Waals surface area contributed by atoms with Gasteiger partial charge in [0.1, 0.15) is 0 Å². The summed E-state index contributed by atoms with van der Waals surface area (Å²) < 4.78 is 42.1. The van der Waals surface area contributed by atoms with E-state index in [0.29, 0.717) is 5.56 Å². The van der Waals surface area contributed by atoms with Crippen LogP contribution in [0.3, 0.4) is 0 Å². The number of carboxylic acid groups (broad SMARTS) is 1. The van der Waals surface area contributed by atoms with Gasteiger partial charge in [-0.3, -0.25) is 4.79 Å². The van der Waals surface area contributed by atoms with Crippen LogP contribution in [0.4, 0.5) is 18.9 Å². The molecule has 0 spiro atoms. The Hall–Kier alpha value is -3.49. The van der Waals surface area contributed by atoms with Crippen molar-refractivity contribution in [3.05, 3.63) is 64.3 Å². The monoisotopic (exact) mass is 391 g/mol. The maximum Gasteiger partial charge on any atom is 0.417 e. The van der Waals surface area contributed by atoms with E-state index in [1.165, 1.54) is 6.92 Å². The minimum atomic E-state index is -4.80. The molecule has 0 saturated carbocycles. The molecule has 5 N–H and O–H groups in total. The minimum Gasteiger partial charge on any atom is -0.477 e. The van der Waals surface area contributed by atoms with Gasteiger partial charge < -0.3 is 21.1 Å². The smallest absolute Gasteiger partial charge is 0.417 e. The zero-order chi connectivity index (χ0) is 20.8. The average Bonchev–Trinajstić information content (AvgIpc) is 2.86. The Kier molecular flexibility index (Phi) is 4.54. The number of nitrogens with zero attached hydrogens (tertiary/aromatic N) is 1. The molecule has 0 aliphatic carbocycles. The largest absolute Gasteiger partial charge is 0.477 e. The van der Waals surface area contributed by atoms with Crippen molar-refractivity contribution in [3.8, 4) is 0 Å². The first-order valence-electron chi connectivity index (χ1n) is 8.13. The van der Waals surface area contributed by atoms with E-state index < -0.39 is 40.4 Å². The highest BCUT2D eigenvalue weighted by Crippen LogP contribution is 2.42. The van der Waals surface area contributed by atoms with E-state index in [4.69, 9.17) is 11.5 Å². The first kappa shape index (κ1) is 19.3. The average molecular weight is 391 g/mol. The van der Waals surface area contributed by atoms with Gasteiger partial charge >= 0.3 is 12.1 Å². The molecule has 0 bridgehead atoms. The zero-order valence-corrected chi connectivity index (χ0v) is 14.7. The number of carbonyl (C=O) groups is 2. The highest BCUT2D eigenvalue weighted by Gasteiger charge is 2.38. The SMILES string of the molecule is Cc1cc(C(F)(F)F)c2c(N)c(C(=O)O)n(Cc3ccccc3)c2c1C(N)=O. The molecule has 1 amide bonds. The molecule has 0 unspecified atom stereocenters. The van der Waals surface area contributed by atoms with Gasteiger partial charge in [0, 0.05) is 11.9 Å². The fraction of sp³-hybridized carbons (Fsp3) is 0.158. The Morgan fingerprint density at radius 1 is 1.18 bits per heavy atom. The van der Waals surface area contributed by atoms with Crippen molar-refractivity contribution >= 4 is 28.5 Å². The predicted octanol–water partition coefficient (Wildman–Crippen LogP) is 3.40. The lowest BCUT2D eigenvalue weighted by molar-refractivity contribution is -0.136. The van der Waals surface area contributed by atoms with Gasteiger partial charge in [0.05, 0.1) is 22.3 Å². The topological polar surface area (TPSA) is 111 Å². The number of rotatable bonds is 4.